The molecule has 2 aromatic heterocycles. The van der Waals surface area contributed by atoms with Gasteiger partial charge in [-0.2, -0.15) is 20.3 Å². The van der Waals surface area contributed by atoms with Crippen molar-refractivity contribution in [2.24, 2.45) is 0 Å². The fraction of sp³-hybridized carbons (Fsp3) is 0.375. The van der Waals surface area contributed by atoms with Gasteiger partial charge in [-0.1, -0.05) is 6.92 Å². The van der Waals surface area contributed by atoms with Crippen LogP contribution in [0.4, 0.5) is 11.8 Å². The van der Waals surface area contributed by atoms with Gasteiger partial charge in [-0.25, -0.2) is 0 Å². The number of fused-ring (bicyclic) bond motifs is 1. The maximum Gasteiger partial charge on any atom is 0.227 e. The van der Waals surface area contributed by atoms with E-state index in [1.165, 1.54) is 19.2 Å². The number of phenols is 2. The largest absolute Gasteiger partial charge is 0.507 e. The van der Waals surface area contributed by atoms with E-state index in [-0.39, 0.29) is 42.2 Å². The molecule has 1 atom stereocenters. The second-order valence-corrected chi connectivity index (χ2v) is 5.82. The summed E-state index contributed by atoms with van der Waals surface area (Å²) in [5.74, 6) is 0.751. The van der Waals surface area contributed by atoms with E-state index >= 15 is 0 Å². The van der Waals surface area contributed by atoms with Crippen LogP contribution in [0.1, 0.15) is 18.9 Å². The van der Waals surface area contributed by atoms with Crippen molar-refractivity contribution in [1.82, 2.24) is 25.4 Å². The van der Waals surface area contributed by atoms with Crippen molar-refractivity contribution in [1.29, 1.82) is 0 Å². The molecule has 0 bridgehead atoms. The molecule has 2 heterocycles. The quantitative estimate of drug-likeness (QED) is 0.334. The molecule has 0 spiro atoms. The number of H-pyrrole nitrogens is 1. The van der Waals surface area contributed by atoms with E-state index in [0.717, 1.165) is 0 Å². The van der Waals surface area contributed by atoms with Crippen molar-refractivity contribution >= 4 is 22.9 Å². The zero-order chi connectivity index (χ0) is 19.4. The Hall–Kier alpha value is -3.34. The Balaban J connectivity index is 1.87. The number of aromatic amines is 1. The molecular formula is C16H21N7O4. The highest BCUT2D eigenvalue weighted by Gasteiger charge is 2.16. The molecule has 6 N–H and O–H groups in total. The number of nitrogens with zero attached hydrogens (tertiary/aromatic N) is 4. The summed E-state index contributed by atoms with van der Waals surface area (Å²) in [7, 11) is 1.44. The van der Waals surface area contributed by atoms with E-state index in [1.54, 1.807) is 0 Å². The first-order valence-electron chi connectivity index (χ1n) is 8.34. The van der Waals surface area contributed by atoms with Gasteiger partial charge in [0.25, 0.3) is 0 Å². The van der Waals surface area contributed by atoms with Crippen molar-refractivity contribution in [2.75, 3.05) is 24.4 Å². The van der Waals surface area contributed by atoms with E-state index in [1.807, 2.05) is 6.92 Å². The number of ether oxygens (including phenoxy) is 1. The van der Waals surface area contributed by atoms with Gasteiger partial charge in [-0.15, -0.1) is 5.10 Å². The Bertz CT molecular complexity index is 903. The molecule has 3 rings (SSSR count). The van der Waals surface area contributed by atoms with Crippen LogP contribution in [-0.4, -0.2) is 60.5 Å². The first kappa shape index (κ1) is 18.5. The van der Waals surface area contributed by atoms with Crippen LogP contribution < -0.4 is 15.4 Å². The van der Waals surface area contributed by atoms with Crippen LogP contribution in [0.2, 0.25) is 0 Å². The van der Waals surface area contributed by atoms with Gasteiger partial charge in [0.1, 0.15) is 17.2 Å². The third-order valence-electron chi connectivity index (χ3n) is 4.07. The molecule has 0 saturated heterocycles. The Kier molecular flexibility index (Phi) is 5.41. The zero-order valence-corrected chi connectivity index (χ0v) is 14.9. The minimum absolute atomic E-state index is 0.0624. The highest BCUT2D eigenvalue weighted by Crippen LogP contribution is 2.33. The number of phenolic OH excluding ortho intramolecular Hbond substituents is 2. The smallest absolute Gasteiger partial charge is 0.227 e. The highest BCUT2D eigenvalue weighted by atomic mass is 16.5. The second-order valence-electron chi connectivity index (χ2n) is 5.82. The lowest BCUT2D eigenvalue weighted by atomic mass is 10.1. The molecule has 0 fully saturated rings. The molecule has 0 amide bonds. The highest BCUT2D eigenvalue weighted by molar-refractivity contribution is 5.83. The number of aliphatic hydroxyl groups excluding tert-OH is 1. The van der Waals surface area contributed by atoms with E-state index in [2.05, 4.69) is 36.0 Å². The van der Waals surface area contributed by atoms with Gasteiger partial charge < -0.3 is 30.7 Å². The third kappa shape index (κ3) is 3.92. The predicted octanol–water partition coefficient (Wildman–Crippen LogP) is 0.963. The monoisotopic (exact) mass is 375 g/mol. The SMILES string of the molecule is CCC(CO)Nc1nc(NCc2c(O)cc(OC)cc2O)c2n[nH]nc2n1. The molecule has 0 aliphatic carbocycles. The number of benzene rings is 1. The summed E-state index contributed by atoms with van der Waals surface area (Å²) < 4.78 is 5.00. The van der Waals surface area contributed by atoms with Crippen LogP contribution in [0.5, 0.6) is 17.2 Å². The molecule has 11 heteroatoms. The molecule has 27 heavy (non-hydrogen) atoms. The van der Waals surface area contributed by atoms with Crippen molar-refractivity contribution in [3.05, 3.63) is 17.7 Å². The van der Waals surface area contributed by atoms with Crippen LogP contribution >= 0.6 is 0 Å². The Labute approximate surface area is 154 Å². The number of rotatable bonds is 8. The number of aromatic hydroxyl groups is 2. The summed E-state index contributed by atoms with van der Waals surface area (Å²) in [4.78, 5) is 8.61. The zero-order valence-electron chi connectivity index (χ0n) is 14.9. The number of hydrogen-bond donors (Lipinski definition) is 6. The van der Waals surface area contributed by atoms with Gasteiger partial charge in [-0.3, -0.25) is 0 Å². The minimum Gasteiger partial charge on any atom is -0.507 e. The summed E-state index contributed by atoms with van der Waals surface area (Å²) in [6.07, 6.45) is 0.688. The number of hydrogen-bond acceptors (Lipinski definition) is 10. The summed E-state index contributed by atoms with van der Waals surface area (Å²) in [5, 5.41) is 46.1. The number of aliphatic hydroxyl groups is 1. The summed E-state index contributed by atoms with van der Waals surface area (Å²) in [6.45, 7) is 1.95. The van der Waals surface area contributed by atoms with Crippen molar-refractivity contribution in [3.8, 4) is 17.2 Å². The van der Waals surface area contributed by atoms with E-state index in [0.29, 0.717) is 29.2 Å². The van der Waals surface area contributed by atoms with Crippen LogP contribution in [0.3, 0.4) is 0 Å². The predicted molar refractivity (Wildman–Crippen MR) is 97.9 cm³/mol. The molecule has 0 aliphatic heterocycles. The van der Waals surface area contributed by atoms with Crippen LogP contribution in [0.15, 0.2) is 12.1 Å². The summed E-state index contributed by atoms with van der Waals surface area (Å²) >= 11 is 0. The number of methoxy groups -OCH3 is 1. The first-order valence-corrected chi connectivity index (χ1v) is 8.34. The fourth-order valence-electron chi connectivity index (χ4n) is 2.48. The second kappa shape index (κ2) is 7.91. The third-order valence-corrected chi connectivity index (χ3v) is 4.07. The molecule has 3 aromatic rings. The molecule has 0 saturated carbocycles. The fourth-order valence-corrected chi connectivity index (χ4v) is 2.48. The summed E-state index contributed by atoms with van der Waals surface area (Å²) in [6, 6.07) is 2.61. The van der Waals surface area contributed by atoms with Crippen LogP contribution in [0, 0.1) is 0 Å². The number of anilines is 2. The average molecular weight is 375 g/mol. The van der Waals surface area contributed by atoms with Gasteiger partial charge in [0.05, 0.1) is 25.3 Å². The molecule has 11 nitrogen and oxygen atoms in total. The van der Waals surface area contributed by atoms with Gasteiger partial charge >= 0.3 is 0 Å². The maximum absolute atomic E-state index is 10.1. The number of nitrogens with one attached hydrogen (secondary N) is 3. The van der Waals surface area contributed by atoms with Crippen LogP contribution in [-0.2, 0) is 6.54 Å². The lowest BCUT2D eigenvalue weighted by Gasteiger charge is -2.15. The van der Waals surface area contributed by atoms with Gasteiger partial charge in [0.15, 0.2) is 11.3 Å². The maximum atomic E-state index is 10.1. The number of aromatic nitrogens is 5. The van der Waals surface area contributed by atoms with Crippen LogP contribution in [0.25, 0.3) is 11.2 Å². The molecule has 144 valence electrons. The molecule has 0 radical (unpaired) electrons. The first-order chi connectivity index (χ1) is 13.0. The van der Waals surface area contributed by atoms with Crippen molar-refractivity contribution in [3.63, 3.8) is 0 Å². The molecule has 0 aliphatic rings. The van der Waals surface area contributed by atoms with Crippen molar-refractivity contribution in [2.45, 2.75) is 25.9 Å². The topological polar surface area (TPSA) is 161 Å². The van der Waals surface area contributed by atoms with Crippen molar-refractivity contribution < 1.29 is 20.1 Å². The Morgan fingerprint density at radius 3 is 2.56 bits per heavy atom. The molecular weight excluding hydrogens is 354 g/mol. The normalized spacial score (nSPS) is 12.1. The Morgan fingerprint density at radius 1 is 1.19 bits per heavy atom. The van der Waals surface area contributed by atoms with E-state index < -0.39 is 0 Å². The molecule has 1 unspecified atom stereocenters. The lowest BCUT2D eigenvalue weighted by Crippen LogP contribution is -2.24. The lowest BCUT2D eigenvalue weighted by molar-refractivity contribution is 0.271. The van der Waals surface area contributed by atoms with E-state index in [9.17, 15) is 15.3 Å². The molecule has 1 aromatic carbocycles. The summed E-state index contributed by atoms with van der Waals surface area (Å²) in [5.41, 5.74) is 1.03. The van der Waals surface area contributed by atoms with E-state index in [4.69, 9.17) is 4.74 Å². The Morgan fingerprint density at radius 2 is 1.93 bits per heavy atom. The van der Waals surface area contributed by atoms with Gasteiger partial charge in [-0.05, 0) is 6.42 Å². The average Bonchev–Trinajstić information content (AvgIpc) is 3.13. The minimum atomic E-state index is -0.197. The standard InChI is InChI=1S/C16H21N7O4/c1-3-8(7-24)18-16-19-14(13-15(20-16)22-23-21-13)17-6-10-11(25)4-9(27-2)5-12(10)26/h4-5,8,24-26H,3,6-7H2,1-2H3,(H3,17,18,19,20,21,22,23). The van der Waals surface area contributed by atoms with Gasteiger partial charge in [0.2, 0.25) is 11.6 Å². The van der Waals surface area contributed by atoms with Gasteiger partial charge in [0, 0.05) is 18.7 Å².